The number of nitrogens with two attached hydrogens (primary N) is 1. The van der Waals surface area contributed by atoms with Crippen LogP contribution in [0.15, 0.2) is 55.2 Å². The van der Waals surface area contributed by atoms with Gasteiger partial charge in [-0.05, 0) is 37.1 Å². The molecule has 1 fully saturated rings. The number of imidazole rings is 1. The van der Waals surface area contributed by atoms with Crippen LogP contribution in [-0.2, 0) is 0 Å². The number of hydrogen-bond acceptors (Lipinski definition) is 6. The molecule has 5 aromatic rings. The number of likely N-dealkylation sites (N-methyl/N-ethyl adjacent to an activating group) is 1. The van der Waals surface area contributed by atoms with Crippen LogP contribution in [0.4, 0.5) is 5.82 Å². The normalized spacial score (nSPS) is 16.2. The summed E-state index contributed by atoms with van der Waals surface area (Å²) in [4.78, 5) is 23.9. The minimum atomic E-state index is -0.263. The van der Waals surface area contributed by atoms with Crippen LogP contribution in [0.5, 0.6) is 5.75 Å². The van der Waals surface area contributed by atoms with E-state index < -0.39 is 0 Å². The van der Waals surface area contributed by atoms with Gasteiger partial charge in [0.15, 0.2) is 0 Å². The first-order chi connectivity index (χ1) is 18.5. The van der Waals surface area contributed by atoms with E-state index in [1.165, 1.54) is 12.8 Å². The molecular formula is C28H22ClN7O2. The lowest BCUT2D eigenvalue weighted by Crippen LogP contribution is -2.32. The largest absolute Gasteiger partial charge is 0.491 e. The smallest absolute Gasteiger partial charge is 0.255 e. The van der Waals surface area contributed by atoms with E-state index in [-0.39, 0.29) is 11.9 Å². The van der Waals surface area contributed by atoms with Crippen LogP contribution in [0, 0.1) is 11.8 Å². The summed E-state index contributed by atoms with van der Waals surface area (Å²) in [5, 5.41) is 4.69. The summed E-state index contributed by atoms with van der Waals surface area (Å²) in [6, 6.07) is 9.50. The highest BCUT2D eigenvalue weighted by Gasteiger charge is 2.32. The highest BCUT2D eigenvalue weighted by atomic mass is 35.5. The fourth-order valence-corrected chi connectivity index (χ4v) is 5.11. The van der Waals surface area contributed by atoms with Crippen molar-refractivity contribution < 1.29 is 9.53 Å². The zero-order valence-electron chi connectivity index (χ0n) is 20.4. The van der Waals surface area contributed by atoms with E-state index >= 15 is 0 Å². The molecule has 1 saturated carbocycles. The number of rotatable bonds is 3. The van der Waals surface area contributed by atoms with Crippen molar-refractivity contribution in [2.24, 2.45) is 0 Å². The van der Waals surface area contributed by atoms with Gasteiger partial charge in [0, 0.05) is 24.4 Å². The Balaban J connectivity index is 1.15. The van der Waals surface area contributed by atoms with Crippen molar-refractivity contribution >= 4 is 39.9 Å². The lowest BCUT2D eigenvalue weighted by Gasteiger charge is -2.24. The van der Waals surface area contributed by atoms with Gasteiger partial charge >= 0.3 is 0 Å². The number of carbonyl (C=O) groups excluding carboxylic acids is 1. The molecule has 1 aliphatic heterocycles. The van der Waals surface area contributed by atoms with Crippen LogP contribution in [0.2, 0.25) is 5.02 Å². The Morgan fingerprint density at radius 2 is 2.00 bits per heavy atom. The maximum atomic E-state index is 13.6. The number of hydrogen-bond donors (Lipinski definition) is 1. The van der Waals surface area contributed by atoms with Gasteiger partial charge in [-0.2, -0.15) is 5.10 Å². The Morgan fingerprint density at radius 3 is 2.84 bits per heavy atom. The molecule has 0 unspecified atom stereocenters. The summed E-state index contributed by atoms with van der Waals surface area (Å²) >= 11 is 6.55. The van der Waals surface area contributed by atoms with E-state index in [4.69, 9.17) is 22.1 Å². The quantitative estimate of drug-likeness (QED) is 0.354. The van der Waals surface area contributed by atoms with E-state index in [1.807, 2.05) is 29.1 Å². The van der Waals surface area contributed by atoms with Crippen LogP contribution in [-0.4, -0.2) is 48.6 Å². The van der Waals surface area contributed by atoms with E-state index in [0.717, 1.165) is 22.4 Å². The Kier molecular flexibility index (Phi) is 5.06. The molecule has 7 rings (SSSR count). The van der Waals surface area contributed by atoms with Crippen molar-refractivity contribution in [2.45, 2.75) is 24.9 Å². The average Bonchev–Trinajstić information content (AvgIpc) is 3.30. The second-order valence-electron chi connectivity index (χ2n) is 9.65. The molecule has 0 saturated heterocycles. The van der Waals surface area contributed by atoms with Gasteiger partial charge in [-0.1, -0.05) is 29.5 Å². The summed E-state index contributed by atoms with van der Waals surface area (Å²) in [7, 11) is 1.76. The summed E-state index contributed by atoms with van der Waals surface area (Å²) < 4.78 is 9.76. The maximum Gasteiger partial charge on any atom is 0.255 e. The topological polar surface area (TPSA) is 104 Å². The zero-order valence-corrected chi connectivity index (χ0v) is 21.2. The summed E-state index contributed by atoms with van der Waals surface area (Å²) in [6.07, 6.45) is 9.43. The molecule has 9 nitrogen and oxygen atoms in total. The third-order valence-corrected chi connectivity index (χ3v) is 7.44. The minimum Gasteiger partial charge on any atom is -0.491 e. The molecule has 3 aromatic heterocycles. The number of ether oxygens (including phenoxy) is 1. The molecule has 0 bridgehead atoms. The van der Waals surface area contributed by atoms with Crippen molar-refractivity contribution in [2.75, 3.05) is 19.4 Å². The molecule has 0 radical (unpaired) electrons. The lowest BCUT2D eigenvalue weighted by atomic mass is 10.0. The van der Waals surface area contributed by atoms with Gasteiger partial charge < -0.3 is 15.4 Å². The standard InChI is InChI=1S/C28H22ClN7O2/c1-34(28(37)20-9-23-22(10-21(20)29)33-27(30)24-12-31-15-35(23)24)25-14-38-26-8-16(4-7-19(25)26)2-3-17-11-32-36(13-17)18-5-6-18/h4,7-13,15,18,25H,5-6,14H2,1H3,(H2,30,33)/t25-/m1/s1. The van der Waals surface area contributed by atoms with Crippen molar-refractivity contribution in [3.8, 4) is 17.6 Å². The predicted octanol–water partition coefficient (Wildman–Crippen LogP) is 4.26. The SMILES string of the molecule is CN(C(=O)c1cc2c(cc1Cl)nc(N)c1cncn12)[C@@H]1COc2cc(C#Cc3cnn(C4CC4)c3)ccc21. The molecule has 1 amide bonds. The molecule has 38 heavy (non-hydrogen) atoms. The molecule has 1 atom stereocenters. The number of anilines is 1. The molecular weight excluding hydrogens is 502 g/mol. The van der Waals surface area contributed by atoms with Gasteiger partial charge in [-0.3, -0.25) is 13.9 Å². The van der Waals surface area contributed by atoms with E-state index in [1.54, 1.807) is 47.2 Å². The molecule has 1 aliphatic carbocycles. The van der Waals surface area contributed by atoms with Gasteiger partial charge in [0.25, 0.3) is 5.91 Å². The first-order valence-corrected chi connectivity index (χ1v) is 12.6. The molecule has 2 aliphatic rings. The number of amides is 1. The number of nitrogens with zero attached hydrogens (tertiary/aromatic N) is 6. The van der Waals surface area contributed by atoms with Crippen molar-refractivity contribution in [1.82, 2.24) is 29.0 Å². The van der Waals surface area contributed by atoms with Gasteiger partial charge in [-0.15, -0.1) is 0 Å². The Hall–Kier alpha value is -4.55. The molecule has 2 N–H and O–H groups in total. The Bertz CT molecular complexity index is 1830. The number of nitrogen functional groups attached to an aromatic ring is 1. The second-order valence-corrected chi connectivity index (χ2v) is 10.1. The van der Waals surface area contributed by atoms with Crippen molar-refractivity contribution in [3.63, 3.8) is 0 Å². The summed E-state index contributed by atoms with van der Waals surface area (Å²) in [5.74, 6) is 7.22. The van der Waals surface area contributed by atoms with E-state index in [9.17, 15) is 4.79 Å². The van der Waals surface area contributed by atoms with Crippen LogP contribution >= 0.6 is 11.6 Å². The summed E-state index contributed by atoms with van der Waals surface area (Å²) in [6.45, 7) is 0.345. The number of halogens is 1. The van der Waals surface area contributed by atoms with Crippen molar-refractivity contribution in [3.05, 3.63) is 82.5 Å². The monoisotopic (exact) mass is 523 g/mol. The molecule has 4 heterocycles. The lowest BCUT2D eigenvalue weighted by molar-refractivity contribution is 0.0709. The number of fused-ring (bicyclic) bond motifs is 4. The van der Waals surface area contributed by atoms with Gasteiger partial charge in [-0.25, -0.2) is 9.97 Å². The average molecular weight is 524 g/mol. The first-order valence-electron chi connectivity index (χ1n) is 12.3. The molecule has 188 valence electrons. The first kappa shape index (κ1) is 22.6. The summed E-state index contributed by atoms with van der Waals surface area (Å²) in [5.41, 5.74) is 11.0. The number of aromatic nitrogens is 5. The van der Waals surface area contributed by atoms with E-state index in [0.29, 0.717) is 45.6 Å². The van der Waals surface area contributed by atoms with Gasteiger partial charge in [0.05, 0.1) is 58.0 Å². The molecule has 0 spiro atoms. The fraction of sp³-hybridized carbons (Fsp3) is 0.214. The minimum absolute atomic E-state index is 0.222. The highest BCUT2D eigenvalue weighted by molar-refractivity contribution is 6.34. The maximum absolute atomic E-state index is 13.6. The second kappa shape index (κ2) is 8.50. The predicted molar refractivity (Wildman–Crippen MR) is 143 cm³/mol. The van der Waals surface area contributed by atoms with Gasteiger partial charge in [0.1, 0.15) is 23.7 Å². The molecule has 10 heteroatoms. The number of carbonyl (C=O) groups is 1. The van der Waals surface area contributed by atoms with Crippen LogP contribution in [0.1, 0.15) is 52.0 Å². The van der Waals surface area contributed by atoms with Crippen LogP contribution < -0.4 is 10.5 Å². The Labute approximate surface area is 222 Å². The number of benzene rings is 2. The Morgan fingerprint density at radius 1 is 1.16 bits per heavy atom. The molecule has 2 aromatic carbocycles. The van der Waals surface area contributed by atoms with E-state index in [2.05, 4.69) is 26.9 Å². The third-order valence-electron chi connectivity index (χ3n) is 7.13. The third kappa shape index (κ3) is 3.73. The van der Waals surface area contributed by atoms with Crippen LogP contribution in [0.25, 0.3) is 16.6 Å². The zero-order chi connectivity index (χ0) is 26.0. The van der Waals surface area contributed by atoms with Crippen LogP contribution in [0.3, 0.4) is 0 Å². The highest BCUT2D eigenvalue weighted by Crippen LogP contribution is 2.38. The fourth-order valence-electron chi connectivity index (χ4n) is 4.87. The van der Waals surface area contributed by atoms with Crippen molar-refractivity contribution in [1.29, 1.82) is 0 Å². The van der Waals surface area contributed by atoms with Gasteiger partial charge in [0.2, 0.25) is 0 Å².